The molecule has 0 radical (unpaired) electrons. The molecule has 2 rings (SSSR count). The van der Waals surface area contributed by atoms with E-state index in [1.54, 1.807) is 0 Å². The van der Waals surface area contributed by atoms with Gasteiger partial charge >= 0.3 is 12.0 Å². The number of amides is 2. The number of nitrogens with one attached hydrogen (secondary N) is 2. The lowest BCUT2D eigenvalue weighted by atomic mass is 9.82. The summed E-state index contributed by atoms with van der Waals surface area (Å²) in [5, 5.41) is 16.4. The third-order valence-corrected chi connectivity index (χ3v) is 6.47. The summed E-state index contributed by atoms with van der Waals surface area (Å²) in [5.41, 5.74) is 5.11. The molecule has 0 aliphatic heterocycles. The number of carbonyl (C=O) groups excluding carboxylic acids is 1. The van der Waals surface area contributed by atoms with Gasteiger partial charge in [-0.15, -0.1) is 0 Å². The molecular formula is C25H39N3O3. The molecule has 0 bridgehead atoms. The third-order valence-electron chi connectivity index (χ3n) is 6.47. The first-order valence-electron chi connectivity index (χ1n) is 11.9. The molecule has 0 heterocycles. The van der Waals surface area contributed by atoms with Crippen molar-refractivity contribution >= 4 is 17.7 Å². The summed E-state index contributed by atoms with van der Waals surface area (Å²) < 4.78 is 0. The molecule has 0 spiro atoms. The second-order valence-corrected chi connectivity index (χ2v) is 8.84. The van der Waals surface area contributed by atoms with Gasteiger partial charge in [0.1, 0.15) is 0 Å². The molecular weight excluding hydrogens is 390 g/mol. The van der Waals surface area contributed by atoms with Crippen molar-refractivity contribution in [1.29, 1.82) is 0 Å². The van der Waals surface area contributed by atoms with Gasteiger partial charge in [-0.2, -0.15) is 5.10 Å². The number of benzene rings is 1. The van der Waals surface area contributed by atoms with Crippen LogP contribution in [0.1, 0.15) is 77.2 Å². The van der Waals surface area contributed by atoms with Crippen LogP contribution in [0.15, 0.2) is 35.4 Å². The zero-order chi connectivity index (χ0) is 22.5. The standard InChI is InChI=1S/C25H39N3O3/c1-3-19(2)23(13-9-5-8-12-20-10-6-4-7-11-20)27-28-25(31)26-18-21-14-16-22(17-15-21)24(29)30/h4,6-7,10-11,19,21-22H,3,5,8-9,12-18H2,1-2H3,(H,29,30)(H2,26,28,31)/b27-23+/t19-,21?,22?/m0/s1. The Morgan fingerprint density at radius 1 is 1.10 bits per heavy atom. The van der Waals surface area contributed by atoms with Crippen LogP contribution in [0, 0.1) is 17.8 Å². The number of rotatable bonds is 12. The van der Waals surface area contributed by atoms with Gasteiger partial charge in [0, 0.05) is 12.3 Å². The highest BCUT2D eigenvalue weighted by Crippen LogP contribution is 2.28. The quantitative estimate of drug-likeness (QED) is 0.237. The molecule has 1 aromatic rings. The lowest BCUT2D eigenvalue weighted by molar-refractivity contribution is -0.143. The van der Waals surface area contributed by atoms with Gasteiger partial charge < -0.3 is 10.4 Å². The van der Waals surface area contributed by atoms with Crippen molar-refractivity contribution in [2.75, 3.05) is 6.54 Å². The average molecular weight is 430 g/mol. The van der Waals surface area contributed by atoms with Crippen LogP contribution in [-0.2, 0) is 11.2 Å². The number of hydrogen-bond acceptors (Lipinski definition) is 3. The minimum Gasteiger partial charge on any atom is -0.481 e. The molecule has 1 aliphatic rings. The minimum absolute atomic E-state index is 0.222. The lowest BCUT2D eigenvalue weighted by Crippen LogP contribution is -2.37. The van der Waals surface area contributed by atoms with Crippen molar-refractivity contribution in [2.45, 2.75) is 78.1 Å². The van der Waals surface area contributed by atoms with Crippen LogP contribution >= 0.6 is 0 Å². The van der Waals surface area contributed by atoms with Gasteiger partial charge in [-0.25, -0.2) is 10.2 Å². The summed E-state index contributed by atoms with van der Waals surface area (Å²) in [6, 6.07) is 10.3. The molecule has 1 atom stereocenters. The predicted molar refractivity (Wildman–Crippen MR) is 125 cm³/mol. The summed E-state index contributed by atoms with van der Waals surface area (Å²) in [4.78, 5) is 23.2. The Hall–Kier alpha value is -2.37. The van der Waals surface area contributed by atoms with Crippen molar-refractivity contribution in [3.63, 3.8) is 0 Å². The number of aliphatic carboxylic acids is 1. The summed E-state index contributed by atoms with van der Waals surface area (Å²) in [6.07, 6.45) is 9.49. The first-order chi connectivity index (χ1) is 15.0. The van der Waals surface area contributed by atoms with Gasteiger partial charge in [-0.1, -0.05) is 50.6 Å². The number of unbranched alkanes of at least 4 members (excludes halogenated alkanes) is 2. The maximum Gasteiger partial charge on any atom is 0.335 e. The maximum absolute atomic E-state index is 12.2. The highest BCUT2D eigenvalue weighted by molar-refractivity contribution is 5.87. The molecule has 0 unspecified atom stereocenters. The van der Waals surface area contributed by atoms with E-state index in [1.807, 2.05) is 6.07 Å². The number of carbonyl (C=O) groups is 2. The summed E-state index contributed by atoms with van der Waals surface area (Å²) in [6.45, 7) is 4.87. The Balaban J connectivity index is 1.67. The smallest absolute Gasteiger partial charge is 0.335 e. The van der Waals surface area contributed by atoms with E-state index in [-0.39, 0.29) is 11.9 Å². The average Bonchev–Trinajstić information content (AvgIpc) is 2.79. The molecule has 1 aromatic carbocycles. The van der Waals surface area contributed by atoms with Gasteiger partial charge in [0.2, 0.25) is 0 Å². The van der Waals surface area contributed by atoms with Crippen molar-refractivity contribution in [3.8, 4) is 0 Å². The fourth-order valence-corrected chi connectivity index (χ4v) is 4.12. The number of carboxylic acids is 1. The Labute approximate surface area is 186 Å². The van der Waals surface area contributed by atoms with Gasteiger partial charge in [-0.05, 0) is 75.2 Å². The van der Waals surface area contributed by atoms with E-state index in [0.717, 1.165) is 57.1 Å². The van der Waals surface area contributed by atoms with E-state index < -0.39 is 5.97 Å². The zero-order valence-electron chi connectivity index (χ0n) is 19.1. The number of urea groups is 1. The Kier molecular flexibility index (Phi) is 11.1. The van der Waals surface area contributed by atoms with Crippen LogP contribution in [0.25, 0.3) is 0 Å². The Morgan fingerprint density at radius 3 is 2.45 bits per heavy atom. The molecule has 0 saturated heterocycles. The van der Waals surface area contributed by atoms with E-state index in [2.05, 4.69) is 54.0 Å². The zero-order valence-corrected chi connectivity index (χ0v) is 19.1. The largest absolute Gasteiger partial charge is 0.481 e. The fraction of sp³-hybridized carbons (Fsp3) is 0.640. The summed E-state index contributed by atoms with van der Waals surface area (Å²) in [7, 11) is 0. The molecule has 1 saturated carbocycles. The first kappa shape index (κ1) is 24.9. The van der Waals surface area contributed by atoms with Crippen LogP contribution in [0.3, 0.4) is 0 Å². The molecule has 6 nitrogen and oxygen atoms in total. The van der Waals surface area contributed by atoms with Gasteiger partial charge in [-0.3, -0.25) is 4.79 Å². The van der Waals surface area contributed by atoms with Crippen LogP contribution in [0.4, 0.5) is 4.79 Å². The topological polar surface area (TPSA) is 90.8 Å². The van der Waals surface area contributed by atoms with Gasteiger partial charge in [0.25, 0.3) is 0 Å². The highest BCUT2D eigenvalue weighted by atomic mass is 16.4. The van der Waals surface area contributed by atoms with Crippen molar-refractivity contribution < 1.29 is 14.7 Å². The number of carboxylic acid groups (broad SMARTS) is 1. The van der Waals surface area contributed by atoms with Gasteiger partial charge in [0.05, 0.1) is 5.92 Å². The molecule has 3 N–H and O–H groups in total. The molecule has 0 aromatic heterocycles. The SMILES string of the molecule is CC[C@H](C)/C(CCCCCc1ccccc1)=N/NC(=O)NCC1CCC(C(=O)O)CC1. The first-order valence-corrected chi connectivity index (χ1v) is 11.9. The maximum atomic E-state index is 12.2. The number of hydrazone groups is 1. The van der Waals surface area contributed by atoms with Crippen LogP contribution in [-0.4, -0.2) is 29.4 Å². The second kappa shape index (κ2) is 13.8. The fourth-order valence-electron chi connectivity index (χ4n) is 4.12. The number of nitrogens with zero attached hydrogens (tertiary/aromatic N) is 1. The van der Waals surface area contributed by atoms with Gasteiger partial charge in [0.15, 0.2) is 0 Å². The van der Waals surface area contributed by atoms with Crippen molar-refractivity contribution in [1.82, 2.24) is 10.7 Å². The number of aryl methyl sites for hydroxylation is 1. The summed E-state index contributed by atoms with van der Waals surface area (Å²) >= 11 is 0. The minimum atomic E-state index is -0.698. The molecule has 31 heavy (non-hydrogen) atoms. The molecule has 1 aliphatic carbocycles. The molecule has 172 valence electrons. The number of hydrogen-bond donors (Lipinski definition) is 3. The van der Waals surface area contributed by atoms with E-state index in [4.69, 9.17) is 5.11 Å². The third kappa shape index (κ3) is 9.53. The Bertz CT molecular complexity index is 697. The summed E-state index contributed by atoms with van der Waals surface area (Å²) in [5.74, 6) is -0.221. The normalized spacial score (nSPS) is 20.1. The van der Waals surface area contributed by atoms with Crippen LogP contribution < -0.4 is 10.7 Å². The second-order valence-electron chi connectivity index (χ2n) is 8.84. The van der Waals surface area contributed by atoms with Crippen molar-refractivity contribution in [3.05, 3.63) is 35.9 Å². The monoisotopic (exact) mass is 429 g/mol. The Morgan fingerprint density at radius 2 is 1.81 bits per heavy atom. The molecule has 1 fully saturated rings. The lowest BCUT2D eigenvalue weighted by Gasteiger charge is -2.26. The molecule has 6 heteroatoms. The predicted octanol–water partition coefficient (Wildman–Crippen LogP) is 5.38. The van der Waals surface area contributed by atoms with Crippen molar-refractivity contribution in [2.24, 2.45) is 22.9 Å². The van der Waals surface area contributed by atoms with Crippen LogP contribution in [0.5, 0.6) is 0 Å². The molecule has 2 amide bonds. The van der Waals surface area contributed by atoms with E-state index in [1.165, 1.54) is 5.56 Å². The highest BCUT2D eigenvalue weighted by Gasteiger charge is 2.25. The van der Waals surface area contributed by atoms with E-state index >= 15 is 0 Å². The van der Waals surface area contributed by atoms with E-state index in [0.29, 0.717) is 31.2 Å². The van der Waals surface area contributed by atoms with E-state index in [9.17, 15) is 9.59 Å². The van der Waals surface area contributed by atoms with Crippen LogP contribution in [0.2, 0.25) is 0 Å².